The molecule has 2 nitrogen and oxygen atoms in total. The van der Waals surface area contributed by atoms with Gasteiger partial charge >= 0.3 is 18.3 Å². The predicted octanol–water partition coefficient (Wildman–Crippen LogP) is 4.55. The molecule has 22 heavy (non-hydrogen) atoms. The Bertz CT molecular complexity index is 504. The van der Waals surface area contributed by atoms with Crippen molar-refractivity contribution in [2.24, 2.45) is 5.92 Å². The second-order valence-electron chi connectivity index (χ2n) is 4.68. The summed E-state index contributed by atoms with van der Waals surface area (Å²) in [5, 5.41) is 0. The maximum atomic E-state index is 12.9. The topological polar surface area (TPSA) is 26.3 Å². The Balaban J connectivity index is 3.19. The second kappa shape index (κ2) is 6.58. The van der Waals surface area contributed by atoms with E-state index >= 15 is 0 Å². The smallest absolute Gasteiger partial charge is 0.416 e. The molecule has 8 heteroatoms. The van der Waals surface area contributed by atoms with Crippen molar-refractivity contribution in [2.45, 2.75) is 32.1 Å². The molecule has 0 heterocycles. The van der Waals surface area contributed by atoms with Crippen LogP contribution < -0.4 is 0 Å². The van der Waals surface area contributed by atoms with Crippen LogP contribution in [0, 0.1) is 5.92 Å². The monoisotopic (exact) mass is 328 g/mol. The van der Waals surface area contributed by atoms with Gasteiger partial charge in [0.25, 0.3) is 0 Å². The zero-order valence-electron chi connectivity index (χ0n) is 11.8. The van der Waals surface area contributed by atoms with Gasteiger partial charge in [0.2, 0.25) is 0 Å². The first-order valence-electron chi connectivity index (χ1n) is 6.39. The van der Waals surface area contributed by atoms with Gasteiger partial charge in [-0.15, -0.1) is 0 Å². The van der Waals surface area contributed by atoms with Crippen LogP contribution in [-0.2, 0) is 15.7 Å². The molecule has 1 aromatic rings. The molecule has 0 aromatic heterocycles. The van der Waals surface area contributed by atoms with E-state index < -0.39 is 35.7 Å². The third kappa shape index (κ3) is 4.38. The van der Waals surface area contributed by atoms with Gasteiger partial charge in [0.05, 0.1) is 24.0 Å². The molecule has 0 amide bonds. The Morgan fingerprint density at radius 1 is 1.09 bits per heavy atom. The van der Waals surface area contributed by atoms with Crippen LogP contribution in [0.4, 0.5) is 26.3 Å². The molecular weight excluding hydrogens is 314 g/mol. The Kier molecular flexibility index (Phi) is 5.48. The summed E-state index contributed by atoms with van der Waals surface area (Å²) in [6, 6.07) is 3.02. The number of carbonyl (C=O) groups is 1. The lowest BCUT2D eigenvalue weighted by atomic mass is 9.86. The first-order chi connectivity index (χ1) is 9.98. The molecule has 0 spiro atoms. The van der Waals surface area contributed by atoms with E-state index in [2.05, 4.69) is 4.74 Å². The SMILES string of the molecule is CCOC(=O)C(c1ccc(C(F)(F)F)cc1)[C@@H](C)C(F)(F)F. The highest BCUT2D eigenvalue weighted by Crippen LogP contribution is 2.39. The second-order valence-corrected chi connectivity index (χ2v) is 4.68. The third-order valence-electron chi connectivity index (χ3n) is 3.15. The fourth-order valence-corrected chi connectivity index (χ4v) is 1.93. The van der Waals surface area contributed by atoms with Crippen molar-refractivity contribution in [3.05, 3.63) is 35.4 Å². The zero-order chi connectivity index (χ0) is 17.1. The maximum absolute atomic E-state index is 12.9. The molecule has 0 aliphatic heterocycles. The van der Waals surface area contributed by atoms with Gasteiger partial charge in [-0.05, 0) is 24.6 Å². The Hall–Kier alpha value is -1.73. The summed E-state index contributed by atoms with van der Waals surface area (Å²) in [5.41, 5.74) is -1.17. The summed E-state index contributed by atoms with van der Waals surface area (Å²) in [6.07, 6.45) is -9.28. The van der Waals surface area contributed by atoms with Crippen LogP contribution in [0.1, 0.15) is 30.9 Å². The fraction of sp³-hybridized carbons (Fsp3) is 0.500. The highest BCUT2D eigenvalue weighted by molar-refractivity contribution is 5.78. The fourth-order valence-electron chi connectivity index (χ4n) is 1.93. The van der Waals surface area contributed by atoms with Crippen molar-refractivity contribution >= 4 is 5.97 Å². The molecule has 124 valence electrons. The van der Waals surface area contributed by atoms with E-state index in [4.69, 9.17) is 0 Å². The van der Waals surface area contributed by atoms with E-state index in [0.29, 0.717) is 12.1 Å². The van der Waals surface area contributed by atoms with Crippen molar-refractivity contribution in [1.82, 2.24) is 0 Å². The lowest BCUT2D eigenvalue weighted by Gasteiger charge is -2.25. The average molecular weight is 328 g/mol. The Morgan fingerprint density at radius 2 is 1.59 bits per heavy atom. The van der Waals surface area contributed by atoms with Gasteiger partial charge < -0.3 is 4.74 Å². The number of halogens is 6. The quantitative estimate of drug-likeness (QED) is 0.599. The number of esters is 1. The first-order valence-corrected chi connectivity index (χ1v) is 6.39. The van der Waals surface area contributed by atoms with E-state index in [9.17, 15) is 31.1 Å². The normalized spacial score (nSPS) is 15.3. The van der Waals surface area contributed by atoms with Crippen molar-refractivity contribution < 1.29 is 35.9 Å². The van der Waals surface area contributed by atoms with E-state index in [1.165, 1.54) is 6.92 Å². The molecule has 0 N–H and O–H groups in total. The summed E-state index contributed by atoms with van der Waals surface area (Å²) < 4.78 is 80.6. The van der Waals surface area contributed by atoms with Crippen LogP contribution in [0.2, 0.25) is 0 Å². The lowest BCUT2D eigenvalue weighted by Crippen LogP contribution is -2.32. The molecule has 0 aliphatic carbocycles. The number of rotatable bonds is 4. The molecule has 0 fully saturated rings. The molecule has 0 saturated heterocycles. The lowest BCUT2D eigenvalue weighted by molar-refractivity contribution is -0.185. The largest absolute Gasteiger partial charge is 0.466 e. The zero-order valence-corrected chi connectivity index (χ0v) is 11.8. The van der Waals surface area contributed by atoms with Crippen LogP contribution in [0.3, 0.4) is 0 Å². The van der Waals surface area contributed by atoms with Gasteiger partial charge in [0.1, 0.15) is 0 Å². The van der Waals surface area contributed by atoms with E-state index in [-0.39, 0.29) is 12.2 Å². The Morgan fingerprint density at radius 3 is 1.95 bits per heavy atom. The van der Waals surface area contributed by atoms with Crippen molar-refractivity contribution in [3.8, 4) is 0 Å². The van der Waals surface area contributed by atoms with Crippen molar-refractivity contribution in [3.63, 3.8) is 0 Å². The van der Waals surface area contributed by atoms with Crippen LogP contribution in [0.15, 0.2) is 24.3 Å². The number of hydrogen-bond donors (Lipinski definition) is 0. The minimum atomic E-state index is -4.68. The number of benzene rings is 1. The van der Waals surface area contributed by atoms with Crippen molar-refractivity contribution in [1.29, 1.82) is 0 Å². The van der Waals surface area contributed by atoms with E-state index in [1.807, 2.05) is 0 Å². The average Bonchev–Trinajstić information content (AvgIpc) is 2.37. The van der Waals surface area contributed by atoms with Crippen LogP contribution in [0.25, 0.3) is 0 Å². The summed E-state index contributed by atoms with van der Waals surface area (Å²) in [6.45, 7) is 2.10. The van der Waals surface area contributed by atoms with Gasteiger partial charge in [-0.3, -0.25) is 4.79 Å². The van der Waals surface area contributed by atoms with E-state index in [0.717, 1.165) is 19.1 Å². The first kappa shape index (κ1) is 18.3. The Labute approximate surface area is 123 Å². The number of alkyl halides is 6. The summed E-state index contributed by atoms with van der Waals surface area (Å²) in [4.78, 5) is 11.8. The summed E-state index contributed by atoms with van der Waals surface area (Å²) in [7, 11) is 0. The standard InChI is InChI=1S/C14H14F6O2/c1-3-22-12(21)11(8(2)13(15,16)17)9-4-6-10(7-5-9)14(18,19)20/h4-8,11H,3H2,1-2H3/t8-,11?/m1/s1. The maximum Gasteiger partial charge on any atom is 0.416 e. The van der Waals surface area contributed by atoms with Crippen LogP contribution in [-0.4, -0.2) is 18.8 Å². The van der Waals surface area contributed by atoms with Crippen LogP contribution >= 0.6 is 0 Å². The summed E-state index contributed by atoms with van der Waals surface area (Å²) in [5.74, 6) is -4.90. The molecule has 0 aliphatic rings. The molecule has 1 unspecified atom stereocenters. The molecule has 0 saturated carbocycles. The molecule has 1 rings (SSSR count). The number of carbonyl (C=O) groups excluding carboxylic acids is 1. The number of ether oxygens (including phenoxy) is 1. The van der Waals surface area contributed by atoms with Crippen LogP contribution in [0.5, 0.6) is 0 Å². The molecular formula is C14H14F6O2. The third-order valence-corrected chi connectivity index (χ3v) is 3.15. The van der Waals surface area contributed by atoms with Crippen molar-refractivity contribution in [2.75, 3.05) is 6.61 Å². The molecule has 0 bridgehead atoms. The van der Waals surface area contributed by atoms with Gasteiger partial charge in [-0.2, -0.15) is 26.3 Å². The molecule has 1 aromatic carbocycles. The minimum Gasteiger partial charge on any atom is -0.466 e. The van der Waals surface area contributed by atoms with Gasteiger partial charge in [0, 0.05) is 0 Å². The summed E-state index contributed by atoms with van der Waals surface area (Å²) >= 11 is 0. The highest BCUT2D eigenvalue weighted by Gasteiger charge is 2.45. The molecule has 0 radical (unpaired) electrons. The molecule has 2 atom stereocenters. The van der Waals surface area contributed by atoms with Gasteiger partial charge in [-0.25, -0.2) is 0 Å². The minimum absolute atomic E-state index is 0.124. The number of hydrogen-bond acceptors (Lipinski definition) is 2. The van der Waals surface area contributed by atoms with Gasteiger partial charge in [-0.1, -0.05) is 19.1 Å². The highest BCUT2D eigenvalue weighted by atomic mass is 19.4. The van der Waals surface area contributed by atoms with Gasteiger partial charge in [0.15, 0.2) is 0 Å². The predicted molar refractivity (Wildman–Crippen MR) is 66.0 cm³/mol. The van der Waals surface area contributed by atoms with E-state index in [1.54, 1.807) is 0 Å².